The molecule has 0 radical (unpaired) electrons. The fourth-order valence-corrected chi connectivity index (χ4v) is 5.15. The molecule has 0 spiro atoms. The maximum absolute atomic E-state index is 6.29. The van der Waals surface area contributed by atoms with Crippen molar-refractivity contribution in [2.24, 2.45) is 5.73 Å². The molecule has 2 aromatic rings. The van der Waals surface area contributed by atoms with Gasteiger partial charge < -0.3 is 5.73 Å². The molecular weight excluding hydrogens is 254 g/mol. The number of nitrogens with two attached hydrogens (primary N) is 1. The predicted octanol–water partition coefficient (Wildman–Crippen LogP) is 3.65. The van der Waals surface area contributed by atoms with Gasteiger partial charge in [-0.15, -0.1) is 22.7 Å². The van der Waals surface area contributed by atoms with Crippen LogP contribution in [-0.4, -0.2) is 5.75 Å². The fraction of sp³-hybridized carbons (Fsp3) is 0.333. The van der Waals surface area contributed by atoms with Gasteiger partial charge in [0.1, 0.15) is 0 Å². The Morgan fingerprint density at radius 2 is 2.25 bits per heavy atom. The number of fused-ring (bicyclic) bond motifs is 1. The summed E-state index contributed by atoms with van der Waals surface area (Å²) in [5.41, 5.74) is 7.80. The average Bonchev–Trinajstić information content (AvgIpc) is 2.97. The van der Waals surface area contributed by atoms with Gasteiger partial charge in [0, 0.05) is 20.4 Å². The van der Waals surface area contributed by atoms with Crippen molar-refractivity contribution < 1.29 is 0 Å². The highest BCUT2D eigenvalue weighted by Crippen LogP contribution is 2.36. The zero-order valence-corrected chi connectivity index (χ0v) is 11.3. The van der Waals surface area contributed by atoms with E-state index in [0.29, 0.717) is 0 Å². The SMILES string of the molecule is NC(c1cccs1)c1cc2c(s1)CCSC2. The molecular formula is C12H13NS3. The van der Waals surface area contributed by atoms with Crippen molar-refractivity contribution in [3.8, 4) is 0 Å². The molecule has 4 heteroatoms. The highest BCUT2D eigenvalue weighted by molar-refractivity contribution is 7.98. The number of thioether (sulfide) groups is 1. The van der Waals surface area contributed by atoms with E-state index in [1.165, 1.54) is 33.2 Å². The van der Waals surface area contributed by atoms with Crippen molar-refractivity contribution in [2.45, 2.75) is 18.2 Å². The standard InChI is InChI=1S/C12H13NS3/c13-12(10-2-1-4-15-10)11-6-8-7-14-5-3-9(8)16-11/h1-2,4,6,12H,3,5,7,13H2. The molecule has 0 aliphatic carbocycles. The molecule has 0 fully saturated rings. The molecule has 16 heavy (non-hydrogen) atoms. The number of hydrogen-bond acceptors (Lipinski definition) is 4. The molecule has 2 aromatic heterocycles. The van der Waals surface area contributed by atoms with Crippen LogP contribution in [0.15, 0.2) is 23.6 Å². The first-order valence-electron chi connectivity index (χ1n) is 5.33. The molecule has 0 amide bonds. The summed E-state index contributed by atoms with van der Waals surface area (Å²) in [6, 6.07) is 6.60. The lowest BCUT2D eigenvalue weighted by molar-refractivity contribution is 0.916. The van der Waals surface area contributed by atoms with E-state index in [1.807, 2.05) is 23.1 Å². The zero-order valence-electron chi connectivity index (χ0n) is 8.81. The van der Waals surface area contributed by atoms with Crippen LogP contribution in [0.4, 0.5) is 0 Å². The van der Waals surface area contributed by atoms with Crippen LogP contribution in [0.5, 0.6) is 0 Å². The van der Waals surface area contributed by atoms with Crippen molar-refractivity contribution in [1.82, 2.24) is 0 Å². The van der Waals surface area contributed by atoms with E-state index in [4.69, 9.17) is 5.73 Å². The summed E-state index contributed by atoms with van der Waals surface area (Å²) in [6.45, 7) is 0. The largest absolute Gasteiger partial charge is 0.319 e. The maximum Gasteiger partial charge on any atom is 0.0740 e. The lowest BCUT2D eigenvalue weighted by atomic mass is 10.1. The molecule has 3 rings (SSSR count). The Kier molecular flexibility index (Phi) is 3.07. The van der Waals surface area contributed by atoms with Gasteiger partial charge in [-0.25, -0.2) is 0 Å². The molecule has 0 saturated heterocycles. The van der Waals surface area contributed by atoms with E-state index in [0.717, 1.165) is 0 Å². The van der Waals surface area contributed by atoms with Crippen molar-refractivity contribution in [1.29, 1.82) is 0 Å². The Bertz CT molecular complexity index is 449. The second-order valence-electron chi connectivity index (χ2n) is 3.89. The average molecular weight is 267 g/mol. The second kappa shape index (κ2) is 4.53. The van der Waals surface area contributed by atoms with Crippen LogP contribution in [0.1, 0.15) is 26.2 Å². The van der Waals surface area contributed by atoms with Gasteiger partial charge in [0.2, 0.25) is 0 Å². The highest BCUT2D eigenvalue weighted by Gasteiger charge is 2.18. The van der Waals surface area contributed by atoms with Crippen LogP contribution in [0.2, 0.25) is 0 Å². The van der Waals surface area contributed by atoms with Crippen molar-refractivity contribution in [2.75, 3.05) is 5.75 Å². The predicted molar refractivity (Wildman–Crippen MR) is 74.5 cm³/mol. The lowest BCUT2D eigenvalue weighted by Crippen LogP contribution is -2.07. The Labute approximate surface area is 108 Å². The van der Waals surface area contributed by atoms with Crippen LogP contribution in [-0.2, 0) is 12.2 Å². The maximum atomic E-state index is 6.29. The van der Waals surface area contributed by atoms with Crippen molar-refractivity contribution >= 4 is 34.4 Å². The summed E-state index contributed by atoms with van der Waals surface area (Å²) in [6.07, 6.45) is 1.22. The topological polar surface area (TPSA) is 26.0 Å². The highest BCUT2D eigenvalue weighted by atomic mass is 32.2. The summed E-state index contributed by atoms with van der Waals surface area (Å²) in [5.74, 6) is 2.43. The van der Waals surface area contributed by atoms with Gasteiger partial charge in [-0.1, -0.05) is 6.07 Å². The van der Waals surface area contributed by atoms with E-state index in [1.54, 1.807) is 16.2 Å². The number of thiophene rings is 2. The Balaban J connectivity index is 1.92. The minimum atomic E-state index is 0.0839. The fourth-order valence-electron chi connectivity index (χ4n) is 1.93. The van der Waals surface area contributed by atoms with Gasteiger partial charge >= 0.3 is 0 Å². The van der Waals surface area contributed by atoms with Gasteiger partial charge in [-0.05, 0) is 35.2 Å². The summed E-state index contributed by atoms with van der Waals surface area (Å²) in [7, 11) is 0. The lowest BCUT2D eigenvalue weighted by Gasteiger charge is -2.08. The molecule has 0 aromatic carbocycles. The van der Waals surface area contributed by atoms with E-state index < -0.39 is 0 Å². The molecule has 2 N–H and O–H groups in total. The third kappa shape index (κ3) is 1.95. The number of rotatable bonds is 2. The van der Waals surface area contributed by atoms with Crippen LogP contribution in [0.3, 0.4) is 0 Å². The Hall–Kier alpha value is -0.290. The minimum absolute atomic E-state index is 0.0839. The first-order chi connectivity index (χ1) is 7.84. The quantitative estimate of drug-likeness (QED) is 0.899. The smallest absolute Gasteiger partial charge is 0.0740 e. The molecule has 3 heterocycles. The molecule has 1 aliphatic rings. The van der Waals surface area contributed by atoms with Crippen LogP contribution >= 0.6 is 34.4 Å². The molecule has 1 atom stereocenters. The third-order valence-corrected chi connectivity index (χ3v) is 6.09. The normalized spacial score (nSPS) is 17.1. The van der Waals surface area contributed by atoms with Gasteiger partial charge in [0.25, 0.3) is 0 Å². The molecule has 0 saturated carbocycles. The second-order valence-corrected chi connectivity index (χ2v) is 7.15. The first kappa shape index (κ1) is 10.8. The Morgan fingerprint density at radius 3 is 3.00 bits per heavy atom. The monoisotopic (exact) mass is 267 g/mol. The van der Waals surface area contributed by atoms with Crippen molar-refractivity contribution in [3.63, 3.8) is 0 Å². The summed E-state index contributed by atoms with van der Waals surface area (Å²) < 4.78 is 0. The van der Waals surface area contributed by atoms with Gasteiger partial charge in [-0.3, -0.25) is 0 Å². The minimum Gasteiger partial charge on any atom is -0.319 e. The molecule has 0 bridgehead atoms. The van der Waals surface area contributed by atoms with Crippen LogP contribution in [0, 0.1) is 0 Å². The third-order valence-electron chi connectivity index (χ3n) is 2.80. The van der Waals surface area contributed by atoms with Gasteiger partial charge in [0.15, 0.2) is 0 Å². The van der Waals surface area contributed by atoms with Crippen LogP contribution < -0.4 is 5.73 Å². The van der Waals surface area contributed by atoms with Crippen LogP contribution in [0.25, 0.3) is 0 Å². The first-order valence-corrected chi connectivity index (χ1v) is 8.18. The van der Waals surface area contributed by atoms with Gasteiger partial charge in [0.05, 0.1) is 6.04 Å². The van der Waals surface area contributed by atoms with Crippen molar-refractivity contribution in [3.05, 3.63) is 43.8 Å². The van der Waals surface area contributed by atoms with E-state index in [-0.39, 0.29) is 6.04 Å². The zero-order chi connectivity index (χ0) is 11.0. The molecule has 84 valence electrons. The summed E-state index contributed by atoms with van der Waals surface area (Å²) in [4.78, 5) is 4.15. The van der Waals surface area contributed by atoms with E-state index in [9.17, 15) is 0 Å². The number of hydrogen-bond donors (Lipinski definition) is 1. The molecule has 1 aliphatic heterocycles. The Morgan fingerprint density at radius 1 is 1.31 bits per heavy atom. The van der Waals surface area contributed by atoms with Gasteiger partial charge in [-0.2, -0.15) is 11.8 Å². The molecule has 1 nitrogen and oxygen atoms in total. The molecule has 1 unspecified atom stereocenters. The summed E-state index contributed by atoms with van der Waals surface area (Å²) >= 11 is 5.69. The summed E-state index contributed by atoms with van der Waals surface area (Å²) in [5, 5.41) is 2.10. The van der Waals surface area contributed by atoms with E-state index in [2.05, 4.69) is 23.6 Å². The number of aryl methyl sites for hydroxylation is 1. The van der Waals surface area contributed by atoms with E-state index >= 15 is 0 Å².